The predicted molar refractivity (Wildman–Crippen MR) is 49.5 cm³/mol. The molecule has 0 spiro atoms. The lowest BCUT2D eigenvalue weighted by molar-refractivity contribution is 0.0390. The van der Waals surface area contributed by atoms with Crippen LogP contribution in [0.4, 0.5) is 4.39 Å². The number of halogens is 1. The third-order valence-corrected chi connectivity index (χ3v) is 2.12. The Kier molecular flexibility index (Phi) is 2.45. The highest BCUT2D eigenvalue weighted by molar-refractivity contribution is 6.01. The predicted octanol–water partition coefficient (Wildman–Crippen LogP) is 1.31. The van der Waals surface area contributed by atoms with E-state index in [2.05, 4.69) is 5.16 Å². The van der Waals surface area contributed by atoms with Gasteiger partial charge in [0.25, 0.3) is 0 Å². The van der Waals surface area contributed by atoms with Crippen molar-refractivity contribution in [1.29, 1.82) is 0 Å². The molecule has 14 heavy (non-hydrogen) atoms. The van der Waals surface area contributed by atoms with Gasteiger partial charge >= 0.3 is 0 Å². The standard InChI is InChI=1S/C10H10FNO2/c11-9-4-2-1-3-8(9)10-5-7(6-13)14-12-10/h1-4,7,13H,5-6H2. The fraction of sp³-hybridized carbons (Fsp3) is 0.300. The summed E-state index contributed by atoms with van der Waals surface area (Å²) in [5, 5.41) is 12.5. The lowest BCUT2D eigenvalue weighted by atomic mass is 10.1. The van der Waals surface area contributed by atoms with Gasteiger partial charge in [-0.2, -0.15) is 0 Å². The minimum atomic E-state index is -0.329. The Morgan fingerprint density at radius 3 is 2.93 bits per heavy atom. The molecule has 1 heterocycles. The summed E-state index contributed by atoms with van der Waals surface area (Å²) < 4.78 is 13.3. The summed E-state index contributed by atoms with van der Waals surface area (Å²) in [6.45, 7) is -0.0958. The summed E-state index contributed by atoms with van der Waals surface area (Å²) in [6.07, 6.45) is 0.127. The van der Waals surface area contributed by atoms with Crippen LogP contribution >= 0.6 is 0 Å². The fourth-order valence-electron chi connectivity index (χ4n) is 1.38. The van der Waals surface area contributed by atoms with Crippen LogP contribution in [-0.4, -0.2) is 23.5 Å². The normalized spacial score (nSPS) is 20.4. The Labute approximate surface area is 80.8 Å². The van der Waals surface area contributed by atoms with E-state index in [0.29, 0.717) is 17.7 Å². The minimum Gasteiger partial charge on any atom is -0.392 e. The highest BCUT2D eigenvalue weighted by Crippen LogP contribution is 2.18. The molecule has 0 bridgehead atoms. The third kappa shape index (κ3) is 1.61. The number of rotatable bonds is 2. The van der Waals surface area contributed by atoms with Gasteiger partial charge in [-0.05, 0) is 6.07 Å². The van der Waals surface area contributed by atoms with Gasteiger partial charge in [-0.1, -0.05) is 23.4 Å². The largest absolute Gasteiger partial charge is 0.392 e. The maximum atomic E-state index is 13.3. The average Bonchev–Trinajstić information content (AvgIpc) is 2.67. The topological polar surface area (TPSA) is 41.8 Å². The van der Waals surface area contributed by atoms with Crippen molar-refractivity contribution < 1.29 is 14.3 Å². The quantitative estimate of drug-likeness (QED) is 0.773. The molecule has 0 saturated heterocycles. The molecule has 2 rings (SSSR count). The molecule has 3 nitrogen and oxygen atoms in total. The molecule has 0 amide bonds. The van der Waals surface area contributed by atoms with Crippen LogP contribution in [0.5, 0.6) is 0 Å². The van der Waals surface area contributed by atoms with Crippen molar-refractivity contribution in [3.63, 3.8) is 0 Å². The number of oxime groups is 1. The van der Waals surface area contributed by atoms with Gasteiger partial charge in [0, 0.05) is 12.0 Å². The van der Waals surface area contributed by atoms with E-state index in [4.69, 9.17) is 9.94 Å². The SMILES string of the molecule is OCC1CC(c2ccccc2F)=NO1. The number of aliphatic hydroxyl groups is 1. The minimum absolute atomic E-state index is 0.0958. The average molecular weight is 195 g/mol. The first-order valence-corrected chi connectivity index (χ1v) is 4.39. The van der Waals surface area contributed by atoms with Crippen molar-refractivity contribution in [2.75, 3.05) is 6.61 Å². The first-order chi connectivity index (χ1) is 6.81. The van der Waals surface area contributed by atoms with E-state index in [1.54, 1.807) is 18.2 Å². The smallest absolute Gasteiger partial charge is 0.156 e. The van der Waals surface area contributed by atoms with E-state index in [1.807, 2.05) is 0 Å². The lowest BCUT2D eigenvalue weighted by Crippen LogP contribution is -2.13. The summed E-state index contributed by atoms with van der Waals surface area (Å²) in [5.41, 5.74) is 1.01. The Morgan fingerprint density at radius 1 is 1.50 bits per heavy atom. The van der Waals surface area contributed by atoms with Gasteiger partial charge in [-0.15, -0.1) is 0 Å². The molecule has 0 radical (unpaired) electrons. The summed E-state index contributed by atoms with van der Waals surface area (Å²) in [6, 6.07) is 6.40. The zero-order chi connectivity index (χ0) is 9.97. The molecule has 1 unspecified atom stereocenters. The van der Waals surface area contributed by atoms with Gasteiger partial charge < -0.3 is 9.94 Å². The number of aliphatic hydroxyl groups excluding tert-OH is 1. The van der Waals surface area contributed by atoms with Gasteiger partial charge in [0.05, 0.1) is 12.3 Å². The van der Waals surface area contributed by atoms with E-state index in [-0.39, 0.29) is 18.5 Å². The molecule has 0 saturated carbocycles. The Hall–Kier alpha value is -1.42. The Balaban J connectivity index is 2.22. The maximum Gasteiger partial charge on any atom is 0.156 e. The molecular weight excluding hydrogens is 185 g/mol. The molecule has 1 aliphatic rings. The van der Waals surface area contributed by atoms with Crippen LogP contribution in [0.25, 0.3) is 0 Å². The molecule has 1 aliphatic heterocycles. The first kappa shape index (κ1) is 9.15. The van der Waals surface area contributed by atoms with Crippen molar-refractivity contribution in [3.05, 3.63) is 35.6 Å². The van der Waals surface area contributed by atoms with Crippen molar-refractivity contribution in [2.45, 2.75) is 12.5 Å². The van der Waals surface area contributed by atoms with E-state index in [1.165, 1.54) is 6.07 Å². The van der Waals surface area contributed by atoms with Crippen LogP contribution < -0.4 is 0 Å². The summed E-state index contributed by atoms with van der Waals surface area (Å²) >= 11 is 0. The highest BCUT2D eigenvalue weighted by Gasteiger charge is 2.22. The van der Waals surface area contributed by atoms with Gasteiger partial charge in [-0.25, -0.2) is 4.39 Å². The molecule has 1 aromatic carbocycles. The summed E-state index contributed by atoms with van der Waals surface area (Å²) in [4.78, 5) is 4.90. The zero-order valence-electron chi connectivity index (χ0n) is 7.48. The molecular formula is C10H10FNO2. The van der Waals surface area contributed by atoms with Crippen LogP contribution in [0.1, 0.15) is 12.0 Å². The number of hydrogen-bond donors (Lipinski definition) is 1. The monoisotopic (exact) mass is 195 g/mol. The van der Waals surface area contributed by atoms with E-state index >= 15 is 0 Å². The van der Waals surface area contributed by atoms with E-state index in [9.17, 15) is 4.39 Å². The summed E-state index contributed by atoms with van der Waals surface area (Å²) in [5.74, 6) is -0.312. The third-order valence-electron chi connectivity index (χ3n) is 2.12. The van der Waals surface area contributed by atoms with Gasteiger partial charge in [0.1, 0.15) is 5.82 Å². The van der Waals surface area contributed by atoms with Crippen molar-refractivity contribution >= 4 is 5.71 Å². The molecule has 1 atom stereocenters. The van der Waals surface area contributed by atoms with Gasteiger partial charge in [-0.3, -0.25) is 0 Å². The second-order valence-corrected chi connectivity index (χ2v) is 3.13. The Morgan fingerprint density at radius 2 is 2.29 bits per heavy atom. The molecule has 4 heteroatoms. The fourth-order valence-corrected chi connectivity index (χ4v) is 1.38. The van der Waals surface area contributed by atoms with Crippen LogP contribution in [0.2, 0.25) is 0 Å². The number of hydrogen-bond acceptors (Lipinski definition) is 3. The number of nitrogens with zero attached hydrogens (tertiary/aromatic N) is 1. The van der Waals surface area contributed by atoms with Crippen molar-refractivity contribution in [1.82, 2.24) is 0 Å². The lowest BCUT2D eigenvalue weighted by Gasteiger charge is -2.02. The summed E-state index contributed by atoms with van der Waals surface area (Å²) in [7, 11) is 0. The van der Waals surface area contributed by atoms with Gasteiger partial charge in [0.2, 0.25) is 0 Å². The van der Waals surface area contributed by atoms with Crippen molar-refractivity contribution in [3.8, 4) is 0 Å². The molecule has 0 aliphatic carbocycles. The second-order valence-electron chi connectivity index (χ2n) is 3.13. The Bertz CT molecular complexity index is 365. The van der Waals surface area contributed by atoms with Crippen molar-refractivity contribution in [2.24, 2.45) is 5.16 Å². The van der Waals surface area contributed by atoms with Crippen LogP contribution in [-0.2, 0) is 4.84 Å². The first-order valence-electron chi connectivity index (χ1n) is 4.39. The van der Waals surface area contributed by atoms with E-state index < -0.39 is 0 Å². The number of benzene rings is 1. The molecule has 0 fully saturated rings. The molecule has 1 N–H and O–H groups in total. The second kappa shape index (κ2) is 3.75. The van der Waals surface area contributed by atoms with E-state index in [0.717, 1.165) is 0 Å². The molecule has 74 valence electrons. The van der Waals surface area contributed by atoms with Crippen LogP contribution in [0, 0.1) is 5.82 Å². The molecule has 1 aromatic rings. The zero-order valence-corrected chi connectivity index (χ0v) is 7.48. The van der Waals surface area contributed by atoms with Crippen LogP contribution in [0.3, 0.4) is 0 Å². The highest BCUT2D eigenvalue weighted by atomic mass is 19.1. The van der Waals surface area contributed by atoms with Gasteiger partial charge in [0.15, 0.2) is 6.10 Å². The molecule has 0 aromatic heterocycles. The van der Waals surface area contributed by atoms with Crippen LogP contribution in [0.15, 0.2) is 29.4 Å². The maximum absolute atomic E-state index is 13.3.